The maximum absolute atomic E-state index is 12.6. The number of phenols is 3. The molecule has 5 N–H and O–H groups in total. The number of benzene rings is 4. The summed E-state index contributed by atoms with van der Waals surface area (Å²) in [7, 11) is 0. The molecule has 0 saturated carbocycles. The second kappa shape index (κ2) is 6.77. The zero-order chi connectivity index (χ0) is 21.7. The molecule has 0 aromatic heterocycles. The molecule has 0 atom stereocenters. The normalized spacial score (nSPS) is 11.2. The number of nitrogen functional groups attached to an aromatic ring is 1. The third kappa shape index (κ3) is 3.18. The predicted octanol–water partition coefficient (Wildman–Crippen LogP) is 4.33. The van der Waals surface area contributed by atoms with Gasteiger partial charge in [-0.3, -0.25) is 4.79 Å². The number of rotatable bonds is 2. The molecule has 0 bridgehead atoms. The van der Waals surface area contributed by atoms with E-state index in [9.17, 15) is 20.1 Å². The van der Waals surface area contributed by atoms with E-state index in [1.165, 1.54) is 30.3 Å². The van der Waals surface area contributed by atoms with Crippen LogP contribution < -0.4 is 11.2 Å². The van der Waals surface area contributed by atoms with Gasteiger partial charge in [0.15, 0.2) is 16.8 Å². The highest BCUT2D eigenvalue weighted by Crippen LogP contribution is 2.38. The van der Waals surface area contributed by atoms with Crippen molar-refractivity contribution in [2.45, 2.75) is 0 Å². The van der Waals surface area contributed by atoms with E-state index in [-0.39, 0.29) is 22.7 Å². The van der Waals surface area contributed by atoms with Gasteiger partial charge in [0.2, 0.25) is 0 Å². The van der Waals surface area contributed by atoms with Crippen LogP contribution in [0.4, 0.5) is 5.69 Å². The lowest BCUT2D eigenvalue weighted by atomic mass is 10.0. The molecule has 31 heavy (non-hydrogen) atoms. The standard InChI is InChI=1S/C24H16N2O5/c25-18-10-23-20(9-17(18)15-6-5-14(28)7-21(15)29)26-19-8-16(22(30)11-24(19)31-23)12-1-3-13(27)4-2-12/h1-11,27-29H,25H2. The highest BCUT2D eigenvalue weighted by atomic mass is 16.3. The van der Waals surface area contributed by atoms with Crippen LogP contribution in [-0.2, 0) is 0 Å². The zero-order valence-corrected chi connectivity index (χ0v) is 16.0. The van der Waals surface area contributed by atoms with Crippen LogP contribution in [0.25, 0.3) is 44.8 Å². The fraction of sp³-hybridized carbons (Fsp3) is 0. The Hall–Kier alpha value is -4.52. The molecular formula is C24H16N2O5. The van der Waals surface area contributed by atoms with Crippen LogP contribution >= 0.6 is 0 Å². The molecule has 1 aliphatic carbocycles. The molecule has 0 spiro atoms. The Morgan fingerprint density at radius 1 is 0.774 bits per heavy atom. The van der Waals surface area contributed by atoms with Gasteiger partial charge >= 0.3 is 0 Å². The summed E-state index contributed by atoms with van der Waals surface area (Å²) < 4.78 is 5.87. The Morgan fingerprint density at radius 3 is 2.26 bits per heavy atom. The topological polar surface area (TPSA) is 130 Å². The molecule has 2 aliphatic rings. The van der Waals surface area contributed by atoms with E-state index in [4.69, 9.17) is 10.2 Å². The van der Waals surface area contributed by atoms with Crippen LogP contribution in [0, 0.1) is 0 Å². The number of anilines is 1. The van der Waals surface area contributed by atoms with Crippen molar-refractivity contribution >= 4 is 16.8 Å². The van der Waals surface area contributed by atoms with Gasteiger partial charge in [0.1, 0.15) is 28.5 Å². The quantitative estimate of drug-likeness (QED) is 0.251. The summed E-state index contributed by atoms with van der Waals surface area (Å²) in [6, 6.07) is 16.9. The molecule has 7 nitrogen and oxygen atoms in total. The molecule has 3 aromatic rings. The van der Waals surface area contributed by atoms with E-state index in [2.05, 4.69) is 4.98 Å². The highest BCUT2D eigenvalue weighted by molar-refractivity contribution is 5.91. The minimum absolute atomic E-state index is 0.0603. The molecule has 5 rings (SSSR count). The van der Waals surface area contributed by atoms with Crippen LogP contribution in [0.1, 0.15) is 0 Å². The van der Waals surface area contributed by atoms with Crippen LogP contribution in [0.5, 0.6) is 17.2 Å². The number of hydrogen-bond acceptors (Lipinski definition) is 7. The van der Waals surface area contributed by atoms with Crippen molar-refractivity contribution in [3.8, 4) is 51.0 Å². The van der Waals surface area contributed by atoms with Crippen molar-refractivity contribution in [3.05, 3.63) is 77.0 Å². The summed E-state index contributed by atoms with van der Waals surface area (Å²) >= 11 is 0. The van der Waals surface area contributed by atoms with E-state index < -0.39 is 0 Å². The van der Waals surface area contributed by atoms with Crippen molar-refractivity contribution in [2.75, 3.05) is 5.73 Å². The van der Waals surface area contributed by atoms with Gasteiger partial charge in [0, 0.05) is 40.6 Å². The molecule has 1 aliphatic heterocycles. The first-order chi connectivity index (χ1) is 14.9. The number of aromatic nitrogens is 1. The van der Waals surface area contributed by atoms with E-state index in [0.29, 0.717) is 50.5 Å². The summed E-state index contributed by atoms with van der Waals surface area (Å²) in [5, 5.41) is 29.2. The first-order valence-corrected chi connectivity index (χ1v) is 9.39. The molecule has 0 saturated heterocycles. The Bertz CT molecular complexity index is 1490. The monoisotopic (exact) mass is 412 g/mol. The number of nitrogens with zero attached hydrogens (tertiary/aromatic N) is 1. The SMILES string of the molecule is Nc1cc2oc3cc(=O)c(-c4ccc(O)cc4)cc-3nc2cc1-c1ccc(O)cc1O. The molecule has 0 amide bonds. The Balaban J connectivity index is 1.72. The van der Waals surface area contributed by atoms with Gasteiger partial charge in [-0.05, 0) is 42.0 Å². The average Bonchev–Trinajstić information content (AvgIpc) is 2.73. The molecule has 0 unspecified atom stereocenters. The van der Waals surface area contributed by atoms with E-state index in [1.807, 2.05) is 0 Å². The summed E-state index contributed by atoms with van der Waals surface area (Å²) in [6.07, 6.45) is 0. The number of aromatic hydroxyl groups is 3. The van der Waals surface area contributed by atoms with Crippen LogP contribution in [0.3, 0.4) is 0 Å². The maximum Gasteiger partial charge on any atom is 0.190 e. The van der Waals surface area contributed by atoms with Gasteiger partial charge in [-0.2, -0.15) is 0 Å². The molecule has 152 valence electrons. The number of hydrogen-bond donors (Lipinski definition) is 4. The van der Waals surface area contributed by atoms with E-state index in [0.717, 1.165) is 0 Å². The van der Waals surface area contributed by atoms with E-state index >= 15 is 0 Å². The minimum atomic E-state index is -0.235. The predicted molar refractivity (Wildman–Crippen MR) is 117 cm³/mol. The number of fused-ring (bicyclic) bond motifs is 2. The molecule has 7 heteroatoms. The van der Waals surface area contributed by atoms with Crippen molar-refractivity contribution in [1.82, 2.24) is 4.98 Å². The van der Waals surface area contributed by atoms with Gasteiger partial charge in [-0.25, -0.2) is 4.98 Å². The molecular weight excluding hydrogens is 396 g/mol. The van der Waals surface area contributed by atoms with E-state index in [1.54, 1.807) is 36.4 Å². The average molecular weight is 412 g/mol. The van der Waals surface area contributed by atoms with Crippen molar-refractivity contribution in [2.24, 2.45) is 0 Å². The second-order valence-electron chi connectivity index (χ2n) is 7.19. The Kier molecular flexibility index (Phi) is 4.04. The van der Waals surface area contributed by atoms with Gasteiger partial charge in [-0.1, -0.05) is 12.1 Å². The maximum atomic E-state index is 12.6. The summed E-state index contributed by atoms with van der Waals surface area (Å²) in [5.41, 5.74) is 9.69. The van der Waals surface area contributed by atoms with Crippen molar-refractivity contribution in [3.63, 3.8) is 0 Å². The smallest absolute Gasteiger partial charge is 0.190 e. The largest absolute Gasteiger partial charge is 0.508 e. The third-order valence-electron chi connectivity index (χ3n) is 5.10. The summed E-state index contributed by atoms with van der Waals surface area (Å²) in [5.74, 6) is 0.252. The Labute approximate surface area is 175 Å². The fourth-order valence-corrected chi connectivity index (χ4v) is 3.57. The summed E-state index contributed by atoms with van der Waals surface area (Å²) in [4.78, 5) is 17.2. The van der Waals surface area contributed by atoms with Gasteiger partial charge in [0.05, 0.1) is 0 Å². The van der Waals surface area contributed by atoms with Gasteiger partial charge in [-0.15, -0.1) is 0 Å². The lowest BCUT2D eigenvalue weighted by molar-refractivity contribution is 0.452. The first-order valence-electron chi connectivity index (χ1n) is 9.39. The van der Waals surface area contributed by atoms with Crippen LogP contribution in [0.15, 0.2) is 75.9 Å². The van der Waals surface area contributed by atoms with Gasteiger partial charge in [0.25, 0.3) is 0 Å². The summed E-state index contributed by atoms with van der Waals surface area (Å²) in [6.45, 7) is 0. The van der Waals surface area contributed by atoms with Crippen molar-refractivity contribution < 1.29 is 19.7 Å². The Morgan fingerprint density at radius 2 is 1.52 bits per heavy atom. The highest BCUT2D eigenvalue weighted by Gasteiger charge is 2.17. The lowest BCUT2D eigenvalue weighted by Crippen LogP contribution is -2.06. The second-order valence-corrected chi connectivity index (χ2v) is 7.19. The van der Waals surface area contributed by atoms with Crippen molar-refractivity contribution in [1.29, 1.82) is 0 Å². The third-order valence-corrected chi connectivity index (χ3v) is 5.10. The fourth-order valence-electron chi connectivity index (χ4n) is 3.57. The first kappa shape index (κ1) is 18.5. The lowest BCUT2D eigenvalue weighted by Gasteiger charge is -2.12. The molecule has 0 fully saturated rings. The zero-order valence-electron chi connectivity index (χ0n) is 16.0. The number of phenolic OH excluding ortho intramolecular Hbond substituents is 3. The minimum Gasteiger partial charge on any atom is -0.508 e. The van der Waals surface area contributed by atoms with Gasteiger partial charge < -0.3 is 25.5 Å². The molecule has 1 heterocycles. The molecule has 3 aromatic carbocycles. The number of nitrogens with two attached hydrogens (primary N) is 1. The van der Waals surface area contributed by atoms with Crippen LogP contribution in [0.2, 0.25) is 0 Å². The molecule has 0 radical (unpaired) electrons. The van der Waals surface area contributed by atoms with Crippen LogP contribution in [-0.4, -0.2) is 20.3 Å².